The number of nitrogens with two attached hydrogens (primary N) is 1. The highest BCUT2D eigenvalue weighted by atomic mass is 32.2. The van der Waals surface area contributed by atoms with Crippen LogP contribution in [0.2, 0.25) is 0 Å². The topological polar surface area (TPSA) is 46.3 Å². The zero-order valence-corrected chi connectivity index (χ0v) is 12.8. The summed E-state index contributed by atoms with van der Waals surface area (Å²) in [5.74, 6) is 6.91. The molecule has 2 heterocycles. The largest absolute Gasteiger partial charge is 0.333 e. The Bertz CT molecular complexity index is 515. The van der Waals surface area contributed by atoms with Crippen molar-refractivity contribution in [3.63, 3.8) is 0 Å². The Morgan fingerprint density at radius 2 is 2.37 bits per heavy atom. The molecule has 1 aliphatic heterocycles. The number of carbonyl (C=O) groups excluding carboxylic acids is 1. The van der Waals surface area contributed by atoms with Crippen LogP contribution in [0.15, 0.2) is 11.4 Å². The minimum Gasteiger partial charge on any atom is -0.333 e. The number of amides is 1. The first-order chi connectivity index (χ1) is 9.15. The second-order valence-electron chi connectivity index (χ2n) is 4.48. The molecule has 2 atom stereocenters. The van der Waals surface area contributed by atoms with Gasteiger partial charge in [0.25, 0.3) is 5.91 Å². The molecule has 1 aromatic heterocycles. The minimum absolute atomic E-state index is 0.107. The second kappa shape index (κ2) is 6.47. The molecule has 1 aliphatic rings. The van der Waals surface area contributed by atoms with Crippen molar-refractivity contribution < 1.29 is 4.79 Å². The third kappa shape index (κ3) is 3.14. The lowest BCUT2D eigenvalue weighted by atomic mass is 10.1. The summed E-state index contributed by atoms with van der Waals surface area (Å²) in [5, 5.41) is 2.40. The summed E-state index contributed by atoms with van der Waals surface area (Å²) in [4.78, 5) is 15.3. The van der Waals surface area contributed by atoms with Gasteiger partial charge >= 0.3 is 0 Å². The maximum absolute atomic E-state index is 12.6. The minimum atomic E-state index is 0.107. The monoisotopic (exact) mass is 294 g/mol. The standard InChI is InChI=1S/C14H18N2OS2/c1-10-11(2)18-9-7-16(10)14(17)13-12(4-3-6-15)5-8-19-13/h5,8,10-11H,6-7,9,15H2,1-2H3. The third-order valence-electron chi connectivity index (χ3n) is 3.33. The number of rotatable bonds is 1. The van der Waals surface area contributed by atoms with Gasteiger partial charge in [-0.2, -0.15) is 11.8 Å². The first kappa shape index (κ1) is 14.4. The molecule has 1 fully saturated rings. The smallest absolute Gasteiger partial charge is 0.265 e. The molecule has 5 heteroatoms. The van der Waals surface area contributed by atoms with Gasteiger partial charge in [-0.1, -0.05) is 18.8 Å². The van der Waals surface area contributed by atoms with E-state index in [1.807, 2.05) is 28.1 Å². The quantitative estimate of drug-likeness (QED) is 0.806. The van der Waals surface area contributed by atoms with Crippen molar-refractivity contribution in [2.24, 2.45) is 5.73 Å². The van der Waals surface area contributed by atoms with Gasteiger partial charge in [-0.05, 0) is 18.4 Å². The molecular weight excluding hydrogens is 276 g/mol. The van der Waals surface area contributed by atoms with Crippen LogP contribution < -0.4 is 5.73 Å². The summed E-state index contributed by atoms with van der Waals surface area (Å²) in [5.41, 5.74) is 6.19. The number of carbonyl (C=O) groups is 1. The third-order valence-corrected chi connectivity index (χ3v) is 5.57. The molecule has 3 nitrogen and oxygen atoms in total. The van der Waals surface area contributed by atoms with Crippen LogP contribution in [-0.2, 0) is 0 Å². The molecule has 1 aromatic rings. The SMILES string of the molecule is CC1SCCN(C(=O)c2sccc2C#CCN)C1C. The van der Waals surface area contributed by atoms with E-state index >= 15 is 0 Å². The first-order valence-corrected chi connectivity index (χ1v) is 8.27. The number of nitrogens with zero attached hydrogens (tertiary/aromatic N) is 1. The first-order valence-electron chi connectivity index (χ1n) is 6.34. The fourth-order valence-electron chi connectivity index (χ4n) is 2.07. The molecule has 0 radical (unpaired) electrons. The normalized spacial score (nSPS) is 22.8. The van der Waals surface area contributed by atoms with E-state index in [9.17, 15) is 4.79 Å². The van der Waals surface area contributed by atoms with E-state index in [-0.39, 0.29) is 11.9 Å². The van der Waals surface area contributed by atoms with Gasteiger partial charge in [-0.15, -0.1) is 11.3 Å². The molecule has 102 valence electrons. The summed E-state index contributed by atoms with van der Waals surface area (Å²) in [6, 6.07) is 2.16. The zero-order valence-electron chi connectivity index (χ0n) is 11.2. The van der Waals surface area contributed by atoms with E-state index in [0.29, 0.717) is 11.8 Å². The van der Waals surface area contributed by atoms with Crippen LogP contribution in [0.3, 0.4) is 0 Å². The lowest BCUT2D eigenvalue weighted by molar-refractivity contribution is 0.0703. The van der Waals surface area contributed by atoms with Gasteiger partial charge in [-0.25, -0.2) is 0 Å². The lowest BCUT2D eigenvalue weighted by Gasteiger charge is -2.37. The van der Waals surface area contributed by atoms with E-state index in [0.717, 1.165) is 22.7 Å². The van der Waals surface area contributed by atoms with Crippen molar-refractivity contribution in [2.45, 2.75) is 25.1 Å². The lowest BCUT2D eigenvalue weighted by Crippen LogP contribution is -2.47. The van der Waals surface area contributed by atoms with Gasteiger partial charge in [0.1, 0.15) is 4.88 Å². The molecule has 0 aliphatic carbocycles. The number of hydrogen-bond donors (Lipinski definition) is 1. The Hall–Kier alpha value is -0.960. The van der Waals surface area contributed by atoms with Crippen LogP contribution in [0.25, 0.3) is 0 Å². The highest BCUT2D eigenvalue weighted by Gasteiger charge is 2.30. The van der Waals surface area contributed by atoms with Gasteiger partial charge < -0.3 is 10.6 Å². The highest BCUT2D eigenvalue weighted by Crippen LogP contribution is 2.27. The molecule has 1 saturated heterocycles. The van der Waals surface area contributed by atoms with Gasteiger partial charge in [0.05, 0.1) is 6.54 Å². The Kier molecular flexibility index (Phi) is 4.92. The summed E-state index contributed by atoms with van der Waals surface area (Å²) in [7, 11) is 0. The van der Waals surface area contributed by atoms with Crippen molar-refractivity contribution in [2.75, 3.05) is 18.8 Å². The number of hydrogen-bond acceptors (Lipinski definition) is 4. The van der Waals surface area contributed by atoms with Gasteiger partial charge in [-0.3, -0.25) is 4.79 Å². The van der Waals surface area contributed by atoms with Crippen LogP contribution in [0, 0.1) is 11.8 Å². The predicted molar refractivity (Wildman–Crippen MR) is 82.7 cm³/mol. The maximum Gasteiger partial charge on any atom is 0.265 e. The van der Waals surface area contributed by atoms with Gasteiger partial charge in [0, 0.05) is 29.2 Å². The molecule has 19 heavy (non-hydrogen) atoms. The molecule has 0 aromatic carbocycles. The van der Waals surface area contributed by atoms with Crippen molar-refractivity contribution in [3.8, 4) is 11.8 Å². The van der Waals surface area contributed by atoms with Crippen LogP contribution in [0.5, 0.6) is 0 Å². The number of thiophene rings is 1. The molecule has 0 spiro atoms. The fourth-order valence-corrected chi connectivity index (χ4v) is 3.97. The van der Waals surface area contributed by atoms with E-state index in [4.69, 9.17) is 5.73 Å². The van der Waals surface area contributed by atoms with Crippen molar-refractivity contribution in [3.05, 3.63) is 21.9 Å². The second-order valence-corrected chi connectivity index (χ2v) is 6.89. The summed E-state index contributed by atoms with van der Waals surface area (Å²) >= 11 is 3.39. The molecule has 2 N–H and O–H groups in total. The van der Waals surface area contributed by atoms with Crippen LogP contribution >= 0.6 is 23.1 Å². The van der Waals surface area contributed by atoms with Crippen molar-refractivity contribution in [1.82, 2.24) is 4.90 Å². The van der Waals surface area contributed by atoms with Crippen molar-refractivity contribution in [1.29, 1.82) is 0 Å². The zero-order chi connectivity index (χ0) is 13.8. The summed E-state index contributed by atoms with van der Waals surface area (Å²) in [6.45, 7) is 5.43. The van der Waals surface area contributed by atoms with E-state index in [1.54, 1.807) is 0 Å². The van der Waals surface area contributed by atoms with Gasteiger partial charge in [0.15, 0.2) is 0 Å². The maximum atomic E-state index is 12.6. The van der Waals surface area contributed by atoms with Gasteiger partial charge in [0.2, 0.25) is 0 Å². The molecule has 1 amide bonds. The summed E-state index contributed by atoms with van der Waals surface area (Å²) < 4.78 is 0. The van der Waals surface area contributed by atoms with Crippen LogP contribution in [0.1, 0.15) is 29.1 Å². The van der Waals surface area contributed by atoms with Crippen LogP contribution in [-0.4, -0.2) is 40.9 Å². The Labute approximate surface area is 122 Å². The molecular formula is C14H18N2OS2. The van der Waals surface area contributed by atoms with E-state index in [1.165, 1.54) is 11.3 Å². The van der Waals surface area contributed by atoms with E-state index < -0.39 is 0 Å². The van der Waals surface area contributed by atoms with Crippen molar-refractivity contribution >= 4 is 29.0 Å². The molecule has 0 bridgehead atoms. The highest BCUT2D eigenvalue weighted by molar-refractivity contribution is 8.00. The average Bonchev–Trinajstić information content (AvgIpc) is 2.87. The molecule has 0 saturated carbocycles. The Morgan fingerprint density at radius 1 is 1.58 bits per heavy atom. The molecule has 2 unspecified atom stereocenters. The molecule has 2 rings (SSSR count). The number of thioether (sulfide) groups is 1. The van der Waals surface area contributed by atoms with Crippen LogP contribution in [0.4, 0.5) is 0 Å². The Balaban J connectivity index is 2.22. The summed E-state index contributed by atoms with van der Waals surface area (Å²) in [6.07, 6.45) is 0. The Morgan fingerprint density at radius 3 is 3.11 bits per heavy atom. The average molecular weight is 294 g/mol. The fraction of sp³-hybridized carbons (Fsp3) is 0.500. The predicted octanol–water partition coefficient (Wildman–Crippen LogP) is 2.02. The van der Waals surface area contributed by atoms with E-state index in [2.05, 4.69) is 25.7 Å².